The van der Waals surface area contributed by atoms with Gasteiger partial charge in [0.15, 0.2) is 0 Å². The number of allylic oxidation sites excluding steroid dienone is 1. The number of aromatic nitrogens is 1. The van der Waals surface area contributed by atoms with Gasteiger partial charge in [0, 0.05) is 36.0 Å². The fourth-order valence-corrected chi connectivity index (χ4v) is 3.14. The van der Waals surface area contributed by atoms with Gasteiger partial charge in [-0.05, 0) is 25.0 Å². The molecule has 3 nitrogen and oxygen atoms in total. The smallest absolute Gasteiger partial charge is 0.209 e. The molecular weight excluding hydrogens is 272 g/mol. The van der Waals surface area contributed by atoms with Crippen LogP contribution in [0.3, 0.4) is 0 Å². The molecule has 0 radical (unpaired) electrons. The molecule has 1 N–H and O–H groups in total. The van der Waals surface area contributed by atoms with Crippen molar-refractivity contribution in [2.24, 2.45) is 0 Å². The first-order valence-corrected chi connectivity index (χ1v) is 7.94. The SMILES string of the molecule is C=C(NCCC)C1CCn2c(C(=O)c3ccccc3)ccc21. The standard InChI is InChI=1S/C19H22N2O/c1-3-12-20-14(2)16-11-13-21-17(16)9-10-18(21)19(22)15-7-5-4-6-8-15/h4-10,16,20H,2-3,11-13H2,1H3. The lowest BCUT2D eigenvalue weighted by Gasteiger charge is -2.15. The lowest BCUT2D eigenvalue weighted by molar-refractivity contribution is 0.103. The molecule has 0 saturated carbocycles. The fourth-order valence-electron chi connectivity index (χ4n) is 3.14. The lowest BCUT2D eigenvalue weighted by atomic mass is 10.0. The molecule has 1 unspecified atom stereocenters. The molecule has 0 bridgehead atoms. The molecule has 2 heterocycles. The number of fused-ring (bicyclic) bond motifs is 1. The van der Waals surface area contributed by atoms with E-state index in [0.717, 1.165) is 42.9 Å². The number of hydrogen-bond acceptors (Lipinski definition) is 2. The highest BCUT2D eigenvalue weighted by Gasteiger charge is 2.28. The van der Waals surface area contributed by atoms with Gasteiger partial charge in [0.05, 0.1) is 5.69 Å². The van der Waals surface area contributed by atoms with Crippen molar-refractivity contribution in [2.75, 3.05) is 6.54 Å². The Labute approximate surface area is 131 Å². The summed E-state index contributed by atoms with van der Waals surface area (Å²) in [5, 5.41) is 3.39. The lowest BCUT2D eigenvalue weighted by Crippen LogP contribution is -2.18. The Morgan fingerprint density at radius 1 is 1.27 bits per heavy atom. The van der Waals surface area contributed by atoms with Crippen molar-refractivity contribution in [1.29, 1.82) is 0 Å². The summed E-state index contributed by atoms with van der Waals surface area (Å²) in [6.45, 7) is 8.16. The van der Waals surface area contributed by atoms with Crippen LogP contribution in [-0.4, -0.2) is 16.9 Å². The molecule has 1 aliphatic rings. The topological polar surface area (TPSA) is 34.0 Å². The summed E-state index contributed by atoms with van der Waals surface area (Å²) in [4.78, 5) is 12.7. The van der Waals surface area contributed by atoms with E-state index < -0.39 is 0 Å². The van der Waals surface area contributed by atoms with Crippen molar-refractivity contribution >= 4 is 5.78 Å². The van der Waals surface area contributed by atoms with Gasteiger partial charge in [-0.2, -0.15) is 0 Å². The van der Waals surface area contributed by atoms with Gasteiger partial charge in [0.25, 0.3) is 0 Å². The van der Waals surface area contributed by atoms with Gasteiger partial charge < -0.3 is 9.88 Å². The molecule has 0 spiro atoms. The van der Waals surface area contributed by atoms with Crippen LogP contribution < -0.4 is 5.32 Å². The molecule has 0 aliphatic carbocycles. The Balaban J connectivity index is 1.84. The second kappa shape index (κ2) is 6.22. The van der Waals surface area contributed by atoms with Gasteiger partial charge in [0.1, 0.15) is 0 Å². The average Bonchev–Trinajstić information content (AvgIpc) is 3.14. The predicted octanol–water partition coefficient (Wildman–Crippen LogP) is 3.72. The predicted molar refractivity (Wildman–Crippen MR) is 89.1 cm³/mol. The summed E-state index contributed by atoms with van der Waals surface area (Å²) in [5.41, 5.74) is 3.80. The fraction of sp³-hybridized carbons (Fsp3) is 0.316. The van der Waals surface area contributed by atoms with E-state index >= 15 is 0 Å². The minimum Gasteiger partial charge on any atom is -0.388 e. The molecule has 114 valence electrons. The van der Waals surface area contributed by atoms with Crippen LogP contribution in [0.5, 0.6) is 0 Å². The molecule has 0 saturated heterocycles. The molecule has 2 aromatic rings. The van der Waals surface area contributed by atoms with Gasteiger partial charge >= 0.3 is 0 Å². The number of nitrogens with one attached hydrogen (secondary N) is 1. The van der Waals surface area contributed by atoms with E-state index in [9.17, 15) is 4.79 Å². The van der Waals surface area contributed by atoms with Crippen LogP contribution in [-0.2, 0) is 6.54 Å². The molecule has 1 aromatic heterocycles. The van der Waals surface area contributed by atoms with E-state index in [2.05, 4.69) is 29.5 Å². The number of nitrogens with zero attached hydrogens (tertiary/aromatic N) is 1. The van der Waals surface area contributed by atoms with Crippen LogP contribution in [0, 0.1) is 0 Å². The highest BCUT2D eigenvalue weighted by Crippen LogP contribution is 2.34. The number of benzene rings is 1. The first kappa shape index (κ1) is 14.6. The van der Waals surface area contributed by atoms with Gasteiger partial charge in [-0.1, -0.05) is 43.8 Å². The Kier molecular flexibility index (Phi) is 4.14. The van der Waals surface area contributed by atoms with E-state index in [1.54, 1.807) is 0 Å². The Hall–Kier alpha value is -2.29. The molecule has 1 atom stereocenters. The van der Waals surface area contributed by atoms with Crippen LogP contribution in [0.15, 0.2) is 54.7 Å². The van der Waals surface area contributed by atoms with Crippen molar-refractivity contribution in [1.82, 2.24) is 9.88 Å². The zero-order valence-electron chi connectivity index (χ0n) is 13.0. The highest BCUT2D eigenvalue weighted by molar-refractivity contribution is 6.08. The van der Waals surface area contributed by atoms with Crippen LogP contribution in [0.25, 0.3) is 0 Å². The molecule has 1 aliphatic heterocycles. The maximum absolute atomic E-state index is 12.7. The maximum atomic E-state index is 12.7. The number of carbonyl (C=O) groups is 1. The van der Waals surface area contributed by atoms with Crippen molar-refractivity contribution in [3.8, 4) is 0 Å². The van der Waals surface area contributed by atoms with E-state index in [4.69, 9.17) is 0 Å². The van der Waals surface area contributed by atoms with E-state index in [-0.39, 0.29) is 5.78 Å². The third kappa shape index (κ3) is 2.59. The Morgan fingerprint density at radius 3 is 2.77 bits per heavy atom. The number of hydrogen-bond donors (Lipinski definition) is 1. The maximum Gasteiger partial charge on any atom is 0.209 e. The van der Waals surface area contributed by atoms with Gasteiger partial charge in [-0.15, -0.1) is 0 Å². The molecular formula is C19H22N2O. The first-order valence-electron chi connectivity index (χ1n) is 7.94. The molecule has 22 heavy (non-hydrogen) atoms. The summed E-state index contributed by atoms with van der Waals surface area (Å²) < 4.78 is 2.15. The summed E-state index contributed by atoms with van der Waals surface area (Å²) in [7, 11) is 0. The van der Waals surface area contributed by atoms with Crippen LogP contribution in [0.2, 0.25) is 0 Å². The van der Waals surface area contributed by atoms with E-state index in [0.29, 0.717) is 5.92 Å². The normalized spacial score (nSPS) is 16.3. The summed E-state index contributed by atoms with van der Waals surface area (Å²) in [6, 6.07) is 13.5. The van der Waals surface area contributed by atoms with Crippen molar-refractivity contribution in [2.45, 2.75) is 32.2 Å². The zero-order chi connectivity index (χ0) is 15.5. The number of carbonyl (C=O) groups excluding carboxylic acids is 1. The van der Waals surface area contributed by atoms with Crippen molar-refractivity contribution in [3.63, 3.8) is 0 Å². The van der Waals surface area contributed by atoms with Gasteiger partial charge in [-0.3, -0.25) is 4.79 Å². The molecule has 0 fully saturated rings. The summed E-state index contributed by atoms with van der Waals surface area (Å²) in [5.74, 6) is 0.406. The molecule has 0 amide bonds. The van der Waals surface area contributed by atoms with Crippen LogP contribution in [0.4, 0.5) is 0 Å². The molecule has 3 heteroatoms. The minimum atomic E-state index is 0.0969. The van der Waals surface area contributed by atoms with Crippen LogP contribution >= 0.6 is 0 Å². The van der Waals surface area contributed by atoms with E-state index in [1.165, 1.54) is 5.69 Å². The van der Waals surface area contributed by atoms with E-state index in [1.807, 2.05) is 36.4 Å². The van der Waals surface area contributed by atoms with Crippen molar-refractivity contribution in [3.05, 3.63) is 71.7 Å². The monoisotopic (exact) mass is 294 g/mol. The summed E-state index contributed by atoms with van der Waals surface area (Å²) in [6.07, 6.45) is 2.10. The van der Waals surface area contributed by atoms with Gasteiger partial charge in [0.2, 0.25) is 5.78 Å². The Morgan fingerprint density at radius 2 is 2.05 bits per heavy atom. The third-order valence-corrected chi connectivity index (χ3v) is 4.30. The zero-order valence-corrected chi connectivity index (χ0v) is 13.0. The quantitative estimate of drug-likeness (QED) is 0.824. The van der Waals surface area contributed by atoms with Gasteiger partial charge in [-0.25, -0.2) is 0 Å². The largest absolute Gasteiger partial charge is 0.388 e. The molecule has 3 rings (SSSR count). The second-order valence-electron chi connectivity index (χ2n) is 5.78. The van der Waals surface area contributed by atoms with Crippen molar-refractivity contribution < 1.29 is 4.79 Å². The number of ketones is 1. The number of rotatable bonds is 6. The molecule has 1 aromatic carbocycles. The van der Waals surface area contributed by atoms with Crippen LogP contribution in [0.1, 0.15) is 47.4 Å². The first-order chi connectivity index (χ1) is 10.7. The summed E-state index contributed by atoms with van der Waals surface area (Å²) >= 11 is 0. The third-order valence-electron chi connectivity index (χ3n) is 4.30. The highest BCUT2D eigenvalue weighted by atomic mass is 16.1. The Bertz CT molecular complexity index is 685. The minimum absolute atomic E-state index is 0.0969. The average molecular weight is 294 g/mol. The second-order valence-corrected chi connectivity index (χ2v) is 5.78.